The van der Waals surface area contributed by atoms with Gasteiger partial charge in [-0.3, -0.25) is 62.3 Å². The molecule has 12 atom stereocenters. The number of nitrogens with two attached hydrogens (primary N) is 1. The quantitative estimate of drug-likeness (QED) is 0.00884. The average Bonchev–Trinajstić information content (AvgIpc) is 1.17. The number of hydrogen-bond donors (Lipinski definition) is 15. The van der Waals surface area contributed by atoms with Crippen LogP contribution in [0.1, 0.15) is 142 Å². The molecule has 7 aromatic rings. The number of rotatable bonds is 43. The molecular formula is C100H128IN15O17S2. The lowest BCUT2D eigenvalue weighted by molar-refractivity contribution is -0.142. The van der Waals surface area contributed by atoms with Crippen molar-refractivity contribution in [3.05, 3.63) is 241 Å². The fourth-order valence-corrected chi connectivity index (χ4v) is 18.7. The summed E-state index contributed by atoms with van der Waals surface area (Å²) in [4.78, 5) is 210. The number of phenolic OH excluding ortho intramolecular Hbond substituents is 1. The number of fused-ring (bicyclic) bond motifs is 1. The maximum atomic E-state index is 15.8. The van der Waals surface area contributed by atoms with Crippen molar-refractivity contribution >= 4 is 127 Å². The number of Topliss-reactive ketones (excluding diaryl/α,β-unsaturated/α-hetero) is 1. The van der Waals surface area contributed by atoms with Crippen LogP contribution in [0.4, 0.5) is 0 Å². The molecule has 7 aromatic carbocycles. The number of phenols is 1. The minimum atomic E-state index is -1.63. The molecule has 0 saturated carbocycles. The number of ketones is 1. The van der Waals surface area contributed by atoms with E-state index in [-0.39, 0.29) is 132 Å². The lowest BCUT2D eigenvalue weighted by atomic mass is 9.77. The number of amides is 13. The number of benzene rings is 7. The molecule has 135 heavy (non-hydrogen) atoms. The number of halogens is 1. The van der Waals surface area contributed by atoms with Crippen LogP contribution in [-0.4, -0.2) is 218 Å². The number of nitrogens with zero attached hydrogens (tertiary/aromatic N) is 1. The lowest BCUT2D eigenvalue weighted by Gasteiger charge is -2.37. The Labute approximate surface area is 810 Å². The SMILES string of the molecule is CCC(C)[C@H](NC(=O)[C@H](Cc1ccc(C)cc1)NC(=O)[C@@H]1CSSC[C@H](NC(=O)[C@@H](CCC(C)=O)NC(=O)[C@H](Cc2ccc(C)cc2)NC(=O)COCCOCCN)C(=O)N2C[C@H](C)C[C@@H]2C(=O)N[C@@H](Cc2ccc(O)c(I)c2)C(=O)NCC(=O)N[C@@H](CC(C)C)C(=O)N1)C(=O)N[C@@H](CCC(=O)NC(c1ccccc1)(c1ccccc1)c1ccccc1)C(=O)NCc1ccc(CNC)cc1. The second-order valence-corrected chi connectivity index (χ2v) is 38.5. The van der Waals surface area contributed by atoms with Crippen LogP contribution in [0.25, 0.3) is 0 Å². The molecule has 2 heterocycles. The van der Waals surface area contributed by atoms with Gasteiger partial charge in [-0.15, -0.1) is 0 Å². The summed E-state index contributed by atoms with van der Waals surface area (Å²) in [5, 5.41) is 47.9. The zero-order valence-electron chi connectivity index (χ0n) is 77.9. The number of ether oxygens (including phenoxy) is 2. The molecule has 2 fully saturated rings. The van der Waals surface area contributed by atoms with Crippen molar-refractivity contribution in [3.63, 3.8) is 0 Å². The fourth-order valence-electron chi connectivity index (χ4n) is 15.8. The molecule has 0 aromatic heterocycles. The van der Waals surface area contributed by atoms with E-state index in [4.69, 9.17) is 15.2 Å². The second kappa shape index (κ2) is 54.2. The molecule has 0 radical (unpaired) electrons. The molecule has 35 heteroatoms. The van der Waals surface area contributed by atoms with Gasteiger partial charge in [0.25, 0.3) is 0 Å². The molecule has 2 aliphatic heterocycles. The van der Waals surface area contributed by atoms with E-state index in [0.717, 1.165) is 60.5 Å². The van der Waals surface area contributed by atoms with Gasteiger partial charge in [0.05, 0.1) is 29.9 Å². The highest BCUT2D eigenvalue weighted by Gasteiger charge is 2.45. The number of aromatic hydroxyl groups is 1. The Morgan fingerprint density at radius 2 is 1.12 bits per heavy atom. The van der Waals surface area contributed by atoms with Gasteiger partial charge in [0.15, 0.2) is 0 Å². The van der Waals surface area contributed by atoms with Crippen LogP contribution in [0.2, 0.25) is 0 Å². The number of aryl methyl sites for hydroxylation is 2. The summed E-state index contributed by atoms with van der Waals surface area (Å²) in [6.45, 7) is 14.0. The number of nitrogens with one attached hydrogen (secondary N) is 13. The number of hydrogen-bond acceptors (Lipinski definition) is 21. The highest BCUT2D eigenvalue weighted by molar-refractivity contribution is 14.1. The van der Waals surface area contributed by atoms with E-state index < -0.39 is 162 Å². The zero-order chi connectivity index (χ0) is 97.7. The first-order valence-electron chi connectivity index (χ1n) is 45.7. The minimum Gasteiger partial charge on any atom is -0.507 e. The smallest absolute Gasteiger partial charge is 0.246 e. The average molecular weight is 2000 g/mol. The molecular weight excluding hydrogens is 1870 g/mol. The van der Waals surface area contributed by atoms with Gasteiger partial charge in [0.2, 0.25) is 76.8 Å². The summed E-state index contributed by atoms with van der Waals surface area (Å²) in [5.41, 5.74) is 11.8. The van der Waals surface area contributed by atoms with Crippen molar-refractivity contribution in [3.8, 4) is 5.75 Å². The van der Waals surface area contributed by atoms with Gasteiger partial charge in [0, 0.05) is 69.8 Å². The Morgan fingerprint density at radius 3 is 1.69 bits per heavy atom. The first-order valence-corrected chi connectivity index (χ1v) is 49.3. The third-order valence-corrected chi connectivity index (χ3v) is 26.6. The summed E-state index contributed by atoms with van der Waals surface area (Å²) >= 11 is 1.91. The Kier molecular flexibility index (Phi) is 43.0. The Balaban J connectivity index is 1.05. The van der Waals surface area contributed by atoms with E-state index in [1.54, 1.807) is 83.1 Å². The molecule has 724 valence electrons. The van der Waals surface area contributed by atoms with Crippen LogP contribution < -0.4 is 74.9 Å². The van der Waals surface area contributed by atoms with Crippen LogP contribution >= 0.6 is 44.2 Å². The van der Waals surface area contributed by atoms with Gasteiger partial charge in [0.1, 0.15) is 84.1 Å². The summed E-state index contributed by atoms with van der Waals surface area (Å²) in [6.07, 6.45) is -1.20. The molecule has 2 aliphatic rings. The first kappa shape index (κ1) is 107. The van der Waals surface area contributed by atoms with Crippen LogP contribution in [0.15, 0.2) is 182 Å². The normalized spacial score (nSPS) is 18.3. The predicted octanol–water partition coefficient (Wildman–Crippen LogP) is 6.13. The van der Waals surface area contributed by atoms with Crippen molar-refractivity contribution in [2.24, 2.45) is 23.5 Å². The van der Waals surface area contributed by atoms with Crippen molar-refractivity contribution in [1.29, 1.82) is 0 Å². The van der Waals surface area contributed by atoms with Gasteiger partial charge >= 0.3 is 0 Å². The largest absolute Gasteiger partial charge is 0.507 e. The zero-order valence-corrected chi connectivity index (χ0v) is 81.7. The Morgan fingerprint density at radius 1 is 0.578 bits per heavy atom. The monoisotopic (exact) mass is 2000 g/mol. The molecule has 32 nitrogen and oxygen atoms in total. The van der Waals surface area contributed by atoms with E-state index >= 15 is 38.4 Å². The minimum absolute atomic E-state index is 0.0211. The van der Waals surface area contributed by atoms with Crippen molar-refractivity contribution in [2.45, 2.75) is 199 Å². The molecule has 0 bridgehead atoms. The van der Waals surface area contributed by atoms with E-state index in [1.165, 1.54) is 17.9 Å². The van der Waals surface area contributed by atoms with Crippen molar-refractivity contribution in [1.82, 2.24) is 74.0 Å². The van der Waals surface area contributed by atoms with Gasteiger partial charge < -0.3 is 99.1 Å². The van der Waals surface area contributed by atoms with E-state index in [2.05, 4.69) is 69.1 Å². The molecule has 0 aliphatic carbocycles. The summed E-state index contributed by atoms with van der Waals surface area (Å²) < 4.78 is 11.3. The predicted molar refractivity (Wildman–Crippen MR) is 526 cm³/mol. The standard InChI is InChI=1S/C100H128IN15O17S2/c1-10-65(7)89(98(130)109-76(90(122)104-55-70-37-35-69(36-38-70)54-103-9)41-43-86(119)115-100(72-20-14-11-15-21-72,73-22-16-12-17-23-73)74-24-18-13-19-25-74)114-95(127)81(52-68-33-28-63(5)29-34-68)110-96(128)82-59-134-135-60-83(113-92(124)77(40-30-66(8)117)108-94(126)80(51-67-31-26-62(4)27-32-67)107-88(121)58-133-47-46-132-45-44-102)99(131)116-57-64(6)49-84(116)97(129)111-79(53-71-39-42-85(118)75(101)50-71)91(123)105-56-87(120)106-78(48-61(2)3)93(125)112-82/h11-29,31-39,42,50,61,64-65,76-84,89,103,118H,10,30,40-41,43-49,51-60,102H2,1-9H3,(H,104,122)(H,105,123)(H,106,120)(H,107,121)(H,108,126)(H,109,130)(H,110,128)(H,111,129)(H,112,125)(H,113,124)(H,114,127)(H,115,119)/t64-,65?,76+,77-,78+,79+,80+,81+,82+,83+,84-,89+/m1/s1. The topological polar surface area (TPSA) is 463 Å². The van der Waals surface area contributed by atoms with Crippen molar-refractivity contribution in [2.75, 3.05) is 64.6 Å². The maximum absolute atomic E-state index is 15.8. The van der Waals surface area contributed by atoms with Crippen molar-refractivity contribution < 1.29 is 81.7 Å². The molecule has 13 amide bonds. The third kappa shape index (κ3) is 33.4. The van der Waals surface area contributed by atoms with Gasteiger partial charge in [-0.2, -0.15) is 0 Å². The van der Waals surface area contributed by atoms with Crippen LogP contribution in [-0.2, 0) is 114 Å². The summed E-state index contributed by atoms with van der Waals surface area (Å²) in [7, 11) is 3.73. The molecule has 0 spiro atoms. The molecule has 1 unspecified atom stereocenters. The van der Waals surface area contributed by atoms with E-state index in [1.807, 2.05) is 171 Å². The van der Waals surface area contributed by atoms with Gasteiger partial charge in [-0.1, -0.05) is 244 Å². The summed E-state index contributed by atoms with van der Waals surface area (Å²) in [6, 6.07) is 40.3. The van der Waals surface area contributed by atoms with E-state index in [0.29, 0.717) is 33.2 Å². The third-order valence-electron chi connectivity index (χ3n) is 23.4. The van der Waals surface area contributed by atoms with E-state index in [9.17, 15) is 33.9 Å². The highest BCUT2D eigenvalue weighted by Crippen LogP contribution is 2.38. The summed E-state index contributed by atoms with van der Waals surface area (Å²) in [5.74, 6) is -12.8. The first-order chi connectivity index (χ1) is 64.7. The number of carbonyl (C=O) groups excluding carboxylic acids is 14. The maximum Gasteiger partial charge on any atom is 0.246 e. The van der Waals surface area contributed by atoms with Crippen LogP contribution in [0, 0.1) is 35.2 Å². The molecule has 9 rings (SSSR count). The highest BCUT2D eigenvalue weighted by atomic mass is 127. The van der Waals surface area contributed by atoms with Gasteiger partial charge in [-0.25, -0.2) is 0 Å². The van der Waals surface area contributed by atoms with Gasteiger partial charge in [-0.05, 0) is 150 Å². The Hall–Kier alpha value is -11.6. The second-order valence-electron chi connectivity index (χ2n) is 34.8. The molecule has 16 N–H and O–H groups in total. The Bertz CT molecular complexity index is 5050. The lowest BCUT2D eigenvalue weighted by Crippen LogP contribution is -2.61. The fraction of sp³-hybridized carbons (Fsp3) is 0.440. The van der Waals surface area contributed by atoms with Crippen LogP contribution in [0.5, 0.6) is 5.75 Å². The van der Waals surface area contributed by atoms with Crippen LogP contribution in [0.3, 0.4) is 0 Å². The molecule has 2 saturated heterocycles. The number of carbonyl (C=O) groups is 14.